The van der Waals surface area contributed by atoms with E-state index in [-0.39, 0.29) is 42.5 Å². The summed E-state index contributed by atoms with van der Waals surface area (Å²) in [4.78, 5) is 42.3. The van der Waals surface area contributed by atoms with E-state index >= 15 is 0 Å². The Hall–Kier alpha value is -2.29. The van der Waals surface area contributed by atoms with Gasteiger partial charge in [0, 0.05) is 24.9 Å². The molecule has 2 unspecified atom stereocenters. The number of hydrogen-bond acceptors (Lipinski definition) is 7. The molecule has 0 aromatic heterocycles. The number of carbonyl (C=O) groups is 3. The number of carbonyl (C=O) groups excluding carboxylic acids is 3. The molecule has 9 heteroatoms. The third kappa shape index (κ3) is 5.27. The summed E-state index contributed by atoms with van der Waals surface area (Å²) < 4.78 is 18.8. The first-order chi connectivity index (χ1) is 18.7. The number of nitrogens with one attached hydrogen (secondary N) is 1. The third-order valence-corrected chi connectivity index (χ3v) is 11.3. The third-order valence-electron chi connectivity index (χ3n) is 11.3. The van der Waals surface area contributed by atoms with Gasteiger partial charge in [-0.05, 0) is 106 Å². The molecular formula is C30H44FN3O5. The maximum absolute atomic E-state index is 14.0. The minimum absolute atomic E-state index is 0.105. The molecule has 4 fully saturated rings. The smallest absolute Gasteiger partial charge is 0.438 e. The standard InChI is InChI=1S/C30H44FN3O5/c1-19(33-39-28(37)34(17-38-18-35)15-11-27-26(31)10-14-32-27)23-6-7-24-22-5-4-20-16-21(36)8-12-29(20,2)25(22)9-13-30(23,24)3/h16,18,22-27,32H,4-15,17H2,1-3H3/b33-19+/t22-,23+,24-,25-,26?,27?,29-,30+/m0/s1. The first-order valence-electron chi connectivity index (χ1n) is 14.8. The van der Waals surface area contributed by atoms with Crippen LogP contribution in [0.3, 0.4) is 0 Å². The number of nitrogens with zero attached hydrogens (tertiary/aromatic N) is 2. The first-order valence-corrected chi connectivity index (χ1v) is 14.8. The summed E-state index contributed by atoms with van der Waals surface area (Å²) in [5, 5.41) is 7.41. The Balaban J connectivity index is 1.23. The highest BCUT2D eigenvalue weighted by atomic mass is 19.1. The molecule has 0 bridgehead atoms. The van der Waals surface area contributed by atoms with Crippen molar-refractivity contribution in [2.45, 2.75) is 97.2 Å². The summed E-state index contributed by atoms with van der Waals surface area (Å²) in [6.07, 6.45) is 9.45. The minimum atomic E-state index is -0.948. The van der Waals surface area contributed by atoms with Crippen molar-refractivity contribution in [3.63, 3.8) is 0 Å². The van der Waals surface area contributed by atoms with Crippen molar-refractivity contribution in [1.82, 2.24) is 10.2 Å². The second-order valence-electron chi connectivity index (χ2n) is 13.0. The molecule has 4 aliphatic carbocycles. The number of halogens is 1. The minimum Gasteiger partial charge on any atom is -0.446 e. The molecular weight excluding hydrogens is 501 g/mol. The molecule has 5 aliphatic rings. The lowest BCUT2D eigenvalue weighted by atomic mass is 9.46. The van der Waals surface area contributed by atoms with E-state index in [9.17, 15) is 18.8 Å². The summed E-state index contributed by atoms with van der Waals surface area (Å²) in [6, 6.07) is -0.324. The van der Waals surface area contributed by atoms with Crippen molar-refractivity contribution < 1.29 is 28.3 Å². The fourth-order valence-electron chi connectivity index (χ4n) is 9.12. The molecule has 0 radical (unpaired) electrons. The van der Waals surface area contributed by atoms with E-state index in [1.807, 2.05) is 13.0 Å². The van der Waals surface area contributed by atoms with Crippen molar-refractivity contribution in [2.75, 3.05) is 19.8 Å². The van der Waals surface area contributed by atoms with Crippen molar-refractivity contribution in [3.8, 4) is 0 Å². The number of allylic oxidation sites excluding steroid dienone is 1. The lowest BCUT2D eigenvalue weighted by Gasteiger charge is -2.58. The number of rotatable bonds is 8. The monoisotopic (exact) mass is 545 g/mol. The van der Waals surface area contributed by atoms with Crippen LogP contribution in [-0.2, 0) is 19.2 Å². The molecule has 8 atom stereocenters. The highest BCUT2D eigenvalue weighted by Gasteiger charge is 2.59. The van der Waals surface area contributed by atoms with Crippen LogP contribution in [0.15, 0.2) is 16.8 Å². The van der Waals surface area contributed by atoms with Gasteiger partial charge in [0.1, 0.15) is 6.17 Å². The molecule has 0 aromatic rings. The number of oxime groups is 1. The highest BCUT2D eigenvalue weighted by molar-refractivity contribution is 5.91. The first kappa shape index (κ1) is 28.2. The van der Waals surface area contributed by atoms with Gasteiger partial charge >= 0.3 is 6.09 Å². The van der Waals surface area contributed by atoms with E-state index in [4.69, 9.17) is 9.57 Å². The van der Waals surface area contributed by atoms with Gasteiger partial charge in [0.05, 0.1) is 5.71 Å². The van der Waals surface area contributed by atoms with Gasteiger partial charge in [-0.2, -0.15) is 0 Å². The van der Waals surface area contributed by atoms with Crippen LogP contribution >= 0.6 is 0 Å². The average Bonchev–Trinajstić information content (AvgIpc) is 3.49. The van der Waals surface area contributed by atoms with Crippen LogP contribution < -0.4 is 5.32 Å². The van der Waals surface area contributed by atoms with Gasteiger partial charge in [-0.1, -0.05) is 24.6 Å². The molecule has 39 heavy (non-hydrogen) atoms. The Morgan fingerprint density at radius 1 is 1.18 bits per heavy atom. The van der Waals surface area contributed by atoms with Gasteiger partial charge in [-0.15, -0.1) is 0 Å². The van der Waals surface area contributed by atoms with Crippen LogP contribution in [0.25, 0.3) is 0 Å². The van der Waals surface area contributed by atoms with E-state index in [2.05, 4.69) is 24.3 Å². The Morgan fingerprint density at radius 3 is 2.74 bits per heavy atom. The summed E-state index contributed by atoms with van der Waals surface area (Å²) >= 11 is 0. The van der Waals surface area contributed by atoms with Crippen LogP contribution in [0.5, 0.6) is 0 Å². The van der Waals surface area contributed by atoms with Gasteiger partial charge in [-0.25, -0.2) is 9.18 Å². The number of ketones is 1. The molecule has 0 spiro atoms. The second-order valence-corrected chi connectivity index (χ2v) is 13.0. The Labute approximate surface area is 231 Å². The predicted molar refractivity (Wildman–Crippen MR) is 144 cm³/mol. The topological polar surface area (TPSA) is 97.3 Å². The van der Waals surface area contributed by atoms with Crippen molar-refractivity contribution >= 4 is 24.1 Å². The molecule has 5 rings (SSSR count). The average molecular weight is 546 g/mol. The van der Waals surface area contributed by atoms with E-state index < -0.39 is 12.3 Å². The zero-order valence-corrected chi connectivity index (χ0v) is 23.6. The number of amides is 1. The molecule has 1 saturated heterocycles. The van der Waals surface area contributed by atoms with Gasteiger partial charge in [0.2, 0.25) is 0 Å². The fraction of sp³-hybridized carbons (Fsp3) is 0.800. The molecule has 216 valence electrons. The van der Waals surface area contributed by atoms with Crippen LogP contribution in [0, 0.1) is 34.5 Å². The lowest BCUT2D eigenvalue weighted by Crippen LogP contribution is -2.51. The summed E-state index contributed by atoms with van der Waals surface area (Å²) in [7, 11) is 0. The van der Waals surface area contributed by atoms with E-state index in [0.29, 0.717) is 49.3 Å². The number of fused-ring (bicyclic) bond motifs is 5. The second kappa shape index (κ2) is 11.3. The van der Waals surface area contributed by atoms with Crippen LogP contribution in [0.1, 0.15) is 85.0 Å². The maximum atomic E-state index is 14.0. The Kier molecular flexibility index (Phi) is 8.18. The van der Waals surface area contributed by atoms with Crippen molar-refractivity contribution in [1.29, 1.82) is 0 Å². The van der Waals surface area contributed by atoms with E-state index in [1.165, 1.54) is 10.5 Å². The highest BCUT2D eigenvalue weighted by Crippen LogP contribution is 2.66. The number of alkyl halides is 1. The summed E-state index contributed by atoms with van der Waals surface area (Å²) in [5.41, 5.74) is 2.47. The van der Waals surface area contributed by atoms with E-state index in [0.717, 1.165) is 50.7 Å². The normalized spacial score (nSPS) is 39.7. The lowest BCUT2D eigenvalue weighted by molar-refractivity contribution is -0.132. The number of hydrogen-bond donors (Lipinski definition) is 1. The number of ether oxygens (including phenoxy) is 1. The van der Waals surface area contributed by atoms with Crippen LogP contribution in [-0.4, -0.2) is 61.0 Å². The zero-order valence-electron chi connectivity index (χ0n) is 23.6. The van der Waals surface area contributed by atoms with E-state index in [1.54, 1.807) is 0 Å². The molecule has 1 heterocycles. The largest absolute Gasteiger partial charge is 0.446 e. The molecule has 1 aliphatic heterocycles. The Bertz CT molecular complexity index is 1030. The van der Waals surface area contributed by atoms with Crippen molar-refractivity contribution in [3.05, 3.63) is 11.6 Å². The van der Waals surface area contributed by atoms with Gasteiger partial charge in [0.15, 0.2) is 12.5 Å². The summed E-state index contributed by atoms with van der Waals surface area (Å²) in [6.45, 7) is 7.60. The fourth-order valence-corrected chi connectivity index (χ4v) is 9.12. The summed E-state index contributed by atoms with van der Waals surface area (Å²) in [5.74, 6) is 2.41. The van der Waals surface area contributed by atoms with Crippen molar-refractivity contribution in [2.24, 2.45) is 39.7 Å². The predicted octanol–water partition coefficient (Wildman–Crippen LogP) is 5.17. The maximum Gasteiger partial charge on any atom is 0.438 e. The van der Waals surface area contributed by atoms with Gasteiger partial charge in [-0.3, -0.25) is 19.3 Å². The van der Waals surface area contributed by atoms with Gasteiger partial charge in [0.25, 0.3) is 6.47 Å². The van der Waals surface area contributed by atoms with Gasteiger partial charge < -0.3 is 10.1 Å². The van der Waals surface area contributed by atoms with Crippen LogP contribution in [0.4, 0.5) is 9.18 Å². The molecule has 3 saturated carbocycles. The molecule has 1 amide bonds. The molecule has 0 aromatic carbocycles. The molecule has 1 N–H and O–H groups in total. The quantitative estimate of drug-likeness (QED) is 0.149. The van der Waals surface area contributed by atoms with Crippen LogP contribution in [0.2, 0.25) is 0 Å². The SMILES string of the molecule is C/C(=N\OC(=O)N(CCC1NCCC1F)COC=O)[C@H]1CC[C@H]2[C@@H]3CCC4=CC(=O)CC[C@]4(C)[C@H]3CC[C@]12C. The molecule has 8 nitrogen and oxygen atoms in total. The Morgan fingerprint density at radius 2 is 2.00 bits per heavy atom. The zero-order chi connectivity index (χ0) is 27.8.